The second kappa shape index (κ2) is 12.3. The predicted molar refractivity (Wildman–Crippen MR) is 153 cm³/mol. The van der Waals surface area contributed by atoms with Gasteiger partial charge in [0.15, 0.2) is 5.11 Å². The summed E-state index contributed by atoms with van der Waals surface area (Å²) in [6, 6.07) is 16.4. The van der Waals surface area contributed by atoms with Crippen LogP contribution >= 0.6 is 35.4 Å². The smallest absolute Gasteiger partial charge is 0.250 e. The second-order valence-corrected chi connectivity index (χ2v) is 9.63. The number of furan rings is 1. The molecule has 2 N–H and O–H groups in total. The van der Waals surface area contributed by atoms with Gasteiger partial charge in [-0.1, -0.05) is 30.1 Å². The predicted octanol–water partition coefficient (Wildman–Crippen LogP) is 5.84. The molecular weight excluding hydrogens is 531 g/mol. The Morgan fingerprint density at radius 2 is 1.76 bits per heavy atom. The first-order chi connectivity index (χ1) is 17.8. The van der Waals surface area contributed by atoms with Crippen LogP contribution in [0.4, 0.5) is 11.4 Å². The minimum absolute atomic E-state index is 0.145. The Hall–Kier alpha value is -3.33. The summed E-state index contributed by atoms with van der Waals surface area (Å²) >= 11 is 17.7. The molecule has 1 fully saturated rings. The van der Waals surface area contributed by atoms with E-state index in [2.05, 4.69) is 15.5 Å². The van der Waals surface area contributed by atoms with Gasteiger partial charge in [-0.2, -0.15) is 0 Å². The lowest BCUT2D eigenvalue weighted by Gasteiger charge is -2.36. The fourth-order valence-corrected chi connectivity index (χ4v) is 4.59. The number of rotatable bonds is 6. The van der Waals surface area contributed by atoms with Gasteiger partial charge < -0.3 is 19.5 Å². The molecule has 0 radical (unpaired) electrons. The van der Waals surface area contributed by atoms with Crippen molar-refractivity contribution in [3.63, 3.8) is 0 Å². The number of anilines is 2. The fraction of sp³-hybridized carbons (Fsp3) is 0.222. The Morgan fingerprint density at radius 3 is 2.43 bits per heavy atom. The maximum atomic E-state index is 12.3. The normalized spacial score (nSPS) is 13.6. The number of amides is 2. The molecular formula is C27H26Cl2N4O3S. The molecule has 37 heavy (non-hydrogen) atoms. The van der Waals surface area contributed by atoms with Gasteiger partial charge in [0.2, 0.25) is 11.8 Å². The third kappa shape index (κ3) is 7.13. The molecule has 0 aliphatic carbocycles. The van der Waals surface area contributed by atoms with E-state index < -0.39 is 5.91 Å². The van der Waals surface area contributed by atoms with Crippen molar-refractivity contribution in [1.82, 2.24) is 10.2 Å². The topological polar surface area (TPSA) is 77.8 Å². The van der Waals surface area contributed by atoms with Crippen LogP contribution in [0.3, 0.4) is 0 Å². The van der Waals surface area contributed by atoms with Gasteiger partial charge in [0, 0.05) is 54.9 Å². The van der Waals surface area contributed by atoms with Crippen molar-refractivity contribution >= 4 is 69.8 Å². The Balaban J connectivity index is 1.28. The molecule has 192 valence electrons. The number of halogens is 2. The number of thiocarbonyl (C=S) groups is 1. The monoisotopic (exact) mass is 556 g/mol. The van der Waals surface area contributed by atoms with E-state index in [-0.39, 0.29) is 11.0 Å². The van der Waals surface area contributed by atoms with E-state index in [1.165, 1.54) is 6.08 Å². The van der Waals surface area contributed by atoms with E-state index in [9.17, 15) is 9.59 Å². The zero-order valence-electron chi connectivity index (χ0n) is 20.2. The third-order valence-corrected chi connectivity index (χ3v) is 6.63. The Kier molecular flexibility index (Phi) is 8.87. The van der Waals surface area contributed by atoms with Crippen molar-refractivity contribution < 1.29 is 14.0 Å². The summed E-state index contributed by atoms with van der Waals surface area (Å²) in [6.45, 7) is 4.66. The van der Waals surface area contributed by atoms with Crippen LogP contribution in [0.25, 0.3) is 17.4 Å². The summed E-state index contributed by atoms with van der Waals surface area (Å²) in [5.41, 5.74) is 2.43. The first-order valence-electron chi connectivity index (χ1n) is 11.8. The maximum Gasteiger partial charge on any atom is 0.250 e. The van der Waals surface area contributed by atoms with Gasteiger partial charge >= 0.3 is 0 Å². The Morgan fingerprint density at radius 1 is 1.03 bits per heavy atom. The van der Waals surface area contributed by atoms with Crippen molar-refractivity contribution in [1.29, 1.82) is 0 Å². The number of hydrogen-bond acceptors (Lipinski definition) is 5. The van der Waals surface area contributed by atoms with Crippen molar-refractivity contribution in [2.75, 3.05) is 36.4 Å². The molecule has 1 aliphatic heterocycles. The first kappa shape index (κ1) is 26.7. The molecule has 0 unspecified atom stereocenters. The van der Waals surface area contributed by atoms with Crippen LogP contribution in [0.5, 0.6) is 0 Å². The van der Waals surface area contributed by atoms with Crippen LogP contribution in [-0.4, -0.2) is 48.0 Å². The molecule has 7 nitrogen and oxygen atoms in total. The van der Waals surface area contributed by atoms with E-state index in [0.717, 1.165) is 24.3 Å². The SMILES string of the molecule is CCC(=O)N1CCN(c2ccc(NC(=S)NC(=O)/C=C/c3ccc(-c4ccc(Cl)cc4)o3)cc2Cl)CC1. The average Bonchev–Trinajstić information content (AvgIpc) is 3.37. The Labute approximate surface area is 231 Å². The highest BCUT2D eigenvalue weighted by Crippen LogP contribution is 2.30. The van der Waals surface area contributed by atoms with Crippen LogP contribution in [0.2, 0.25) is 10.0 Å². The van der Waals surface area contributed by atoms with Gasteiger partial charge in [0.1, 0.15) is 11.5 Å². The minimum atomic E-state index is -0.399. The summed E-state index contributed by atoms with van der Waals surface area (Å²) in [7, 11) is 0. The molecule has 0 atom stereocenters. The first-order valence-corrected chi connectivity index (χ1v) is 13.0. The van der Waals surface area contributed by atoms with Gasteiger partial charge in [-0.3, -0.25) is 14.9 Å². The van der Waals surface area contributed by atoms with E-state index in [1.54, 1.807) is 30.3 Å². The lowest BCUT2D eigenvalue weighted by molar-refractivity contribution is -0.131. The fourth-order valence-electron chi connectivity index (χ4n) is 3.95. The number of nitrogens with one attached hydrogen (secondary N) is 2. The van der Waals surface area contributed by atoms with Crippen molar-refractivity contribution in [2.24, 2.45) is 0 Å². The van der Waals surface area contributed by atoms with E-state index >= 15 is 0 Å². The highest BCUT2D eigenvalue weighted by molar-refractivity contribution is 7.80. The minimum Gasteiger partial charge on any atom is -0.457 e. The van der Waals surface area contributed by atoms with Gasteiger partial charge in [-0.25, -0.2) is 0 Å². The molecule has 0 saturated carbocycles. The van der Waals surface area contributed by atoms with Gasteiger partial charge in [-0.15, -0.1) is 0 Å². The van der Waals surface area contributed by atoms with E-state index in [4.69, 9.17) is 39.8 Å². The Bertz CT molecular complexity index is 1320. The van der Waals surface area contributed by atoms with Crippen LogP contribution in [0, 0.1) is 0 Å². The molecule has 10 heteroatoms. The van der Waals surface area contributed by atoms with Crippen molar-refractivity contribution in [3.8, 4) is 11.3 Å². The number of piperazine rings is 1. The standard InChI is InChI=1S/C27H26Cl2N4O3S/c1-2-26(35)33-15-13-32(14-16-33)23-10-7-20(17-22(23)29)30-27(37)31-25(34)12-9-21-8-11-24(36-21)18-3-5-19(28)6-4-18/h3-12,17H,2,13-16H2,1H3,(H2,30,31,34,37)/b12-9+. The lowest BCUT2D eigenvalue weighted by atomic mass is 10.2. The highest BCUT2D eigenvalue weighted by Gasteiger charge is 2.21. The summed E-state index contributed by atoms with van der Waals surface area (Å²) in [5, 5.41) is 6.94. The maximum absolute atomic E-state index is 12.3. The molecule has 2 aromatic carbocycles. The van der Waals surface area contributed by atoms with Crippen LogP contribution < -0.4 is 15.5 Å². The third-order valence-electron chi connectivity index (χ3n) is 5.87. The number of hydrogen-bond donors (Lipinski definition) is 2. The summed E-state index contributed by atoms with van der Waals surface area (Å²) < 4.78 is 5.76. The quantitative estimate of drug-likeness (QED) is 0.293. The van der Waals surface area contributed by atoms with Crippen LogP contribution in [0.1, 0.15) is 19.1 Å². The van der Waals surface area contributed by atoms with Gasteiger partial charge in [-0.05, 0) is 72.9 Å². The average molecular weight is 558 g/mol. The largest absolute Gasteiger partial charge is 0.457 e. The molecule has 2 heterocycles. The van der Waals surface area contributed by atoms with E-state index in [0.29, 0.717) is 46.8 Å². The molecule has 2 amide bonds. The molecule has 0 bridgehead atoms. The van der Waals surface area contributed by atoms with Gasteiger partial charge in [0.25, 0.3) is 0 Å². The molecule has 0 spiro atoms. The number of nitrogens with zero attached hydrogens (tertiary/aromatic N) is 2. The van der Waals surface area contributed by atoms with Gasteiger partial charge in [0.05, 0.1) is 10.7 Å². The second-order valence-electron chi connectivity index (χ2n) is 8.37. The lowest BCUT2D eigenvalue weighted by Crippen LogP contribution is -2.48. The zero-order chi connectivity index (χ0) is 26.4. The number of benzene rings is 2. The molecule has 4 rings (SSSR count). The molecule has 1 saturated heterocycles. The van der Waals surface area contributed by atoms with E-state index in [1.807, 2.05) is 42.2 Å². The van der Waals surface area contributed by atoms with Crippen molar-refractivity contribution in [2.45, 2.75) is 13.3 Å². The van der Waals surface area contributed by atoms with Crippen molar-refractivity contribution in [3.05, 3.63) is 76.5 Å². The molecule has 3 aromatic rings. The van der Waals surface area contributed by atoms with Crippen LogP contribution in [-0.2, 0) is 9.59 Å². The summed E-state index contributed by atoms with van der Waals surface area (Å²) in [4.78, 5) is 28.2. The number of carbonyl (C=O) groups excluding carboxylic acids is 2. The summed E-state index contributed by atoms with van der Waals surface area (Å²) in [5.74, 6) is 0.971. The molecule has 1 aliphatic rings. The molecule has 1 aromatic heterocycles. The number of carbonyl (C=O) groups is 2. The van der Waals surface area contributed by atoms with Crippen LogP contribution in [0.15, 0.2) is 65.1 Å². The zero-order valence-corrected chi connectivity index (χ0v) is 22.5. The highest BCUT2D eigenvalue weighted by atomic mass is 35.5. The summed E-state index contributed by atoms with van der Waals surface area (Å²) in [6.07, 6.45) is 3.43.